The highest BCUT2D eigenvalue weighted by Gasteiger charge is 2.21. The van der Waals surface area contributed by atoms with Gasteiger partial charge in [0.1, 0.15) is 0 Å². The van der Waals surface area contributed by atoms with Crippen molar-refractivity contribution in [1.29, 1.82) is 0 Å². The minimum atomic E-state index is -0.471. The molecule has 5 heteroatoms. The summed E-state index contributed by atoms with van der Waals surface area (Å²) in [5.74, 6) is 0.0662. The first-order chi connectivity index (χ1) is 7.35. The second kappa shape index (κ2) is 5.26. The fourth-order valence-electron chi connectivity index (χ4n) is 1.08. The van der Waals surface area contributed by atoms with E-state index in [-0.39, 0.29) is 5.91 Å². The molecule has 1 amide bonds. The summed E-state index contributed by atoms with van der Waals surface area (Å²) < 4.78 is 0. The molecule has 0 aliphatic carbocycles. The summed E-state index contributed by atoms with van der Waals surface area (Å²) in [6.45, 7) is 3.67. The number of rotatable bonds is 3. The number of amides is 1. The smallest absolute Gasteiger partial charge is 0.253 e. The fourth-order valence-corrected chi connectivity index (χ4v) is 1.64. The molecule has 0 radical (unpaired) electrons. The van der Waals surface area contributed by atoms with Crippen LogP contribution in [-0.4, -0.2) is 17.3 Å². The van der Waals surface area contributed by atoms with Gasteiger partial charge in [-0.1, -0.05) is 23.2 Å². The fraction of sp³-hybridized carbons (Fsp3) is 0.364. The van der Waals surface area contributed by atoms with Gasteiger partial charge in [-0.15, -0.1) is 11.6 Å². The molecular formula is C11H12Cl3NO. The quantitative estimate of drug-likeness (QED) is 0.840. The maximum Gasteiger partial charge on any atom is 0.253 e. The molecule has 0 fully saturated rings. The lowest BCUT2D eigenvalue weighted by Gasteiger charge is -2.23. The van der Waals surface area contributed by atoms with Crippen LogP contribution in [0.5, 0.6) is 0 Å². The highest BCUT2D eigenvalue weighted by Crippen LogP contribution is 2.21. The molecule has 0 saturated heterocycles. The van der Waals surface area contributed by atoms with Crippen molar-refractivity contribution >= 4 is 40.7 Å². The number of carbonyl (C=O) groups excluding carboxylic acids is 1. The molecule has 1 N–H and O–H groups in total. The van der Waals surface area contributed by atoms with Gasteiger partial charge in [0.2, 0.25) is 0 Å². The van der Waals surface area contributed by atoms with Gasteiger partial charge in [-0.3, -0.25) is 4.79 Å². The van der Waals surface area contributed by atoms with E-state index in [1.807, 2.05) is 13.8 Å². The predicted octanol–water partition coefficient (Wildman–Crippen LogP) is 3.74. The second-order valence-corrected chi connectivity index (χ2v) is 5.21. The zero-order valence-corrected chi connectivity index (χ0v) is 11.2. The van der Waals surface area contributed by atoms with Crippen molar-refractivity contribution in [1.82, 2.24) is 5.32 Å². The van der Waals surface area contributed by atoms with Gasteiger partial charge in [-0.2, -0.15) is 0 Å². The number of hydrogen-bond donors (Lipinski definition) is 1. The highest BCUT2D eigenvalue weighted by atomic mass is 35.5. The topological polar surface area (TPSA) is 29.1 Å². The van der Waals surface area contributed by atoms with Crippen LogP contribution in [0.25, 0.3) is 0 Å². The molecule has 2 nitrogen and oxygen atoms in total. The molecular weight excluding hydrogens is 268 g/mol. The first kappa shape index (κ1) is 13.6. The van der Waals surface area contributed by atoms with E-state index in [1.165, 1.54) is 6.07 Å². The maximum absolute atomic E-state index is 11.9. The standard InChI is InChI=1S/C11H12Cl3NO/c1-11(2,6-12)15-10(16)8-4-3-7(13)5-9(8)14/h3-5H,6H2,1-2H3,(H,15,16). The van der Waals surface area contributed by atoms with E-state index in [4.69, 9.17) is 34.8 Å². The molecule has 0 bridgehead atoms. The Hall–Kier alpha value is -0.440. The van der Waals surface area contributed by atoms with Crippen LogP contribution in [0.1, 0.15) is 24.2 Å². The molecule has 0 atom stereocenters. The molecule has 0 aromatic heterocycles. The van der Waals surface area contributed by atoms with Crippen LogP contribution in [0, 0.1) is 0 Å². The molecule has 1 aromatic carbocycles. The zero-order valence-electron chi connectivity index (χ0n) is 8.98. The van der Waals surface area contributed by atoms with Gasteiger partial charge < -0.3 is 5.32 Å². The average Bonchev–Trinajstić information content (AvgIpc) is 2.16. The summed E-state index contributed by atoms with van der Waals surface area (Å²) in [5.41, 5.74) is -0.0778. The molecule has 88 valence electrons. The van der Waals surface area contributed by atoms with Crippen molar-refractivity contribution in [3.63, 3.8) is 0 Å². The Morgan fingerprint density at radius 3 is 2.50 bits per heavy atom. The summed E-state index contributed by atoms with van der Waals surface area (Å²) in [4.78, 5) is 11.9. The van der Waals surface area contributed by atoms with E-state index in [1.54, 1.807) is 12.1 Å². The molecule has 0 saturated carbocycles. The van der Waals surface area contributed by atoms with Gasteiger partial charge in [0.25, 0.3) is 5.91 Å². The largest absolute Gasteiger partial charge is 0.346 e. The molecule has 0 heterocycles. The van der Waals surface area contributed by atoms with Gasteiger partial charge in [0.15, 0.2) is 0 Å². The third-order valence-electron chi connectivity index (χ3n) is 1.96. The van der Waals surface area contributed by atoms with E-state index >= 15 is 0 Å². The SMILES string of the molecule is CC(C)(CCl)NC(=O)c1ccc(Cl)cc1Cl. The van der Waals surface area contributed by atoms with Gasteiger partial charge in [0.05, 0.1) is 10.6 Å². The Labute approximate surface area is 110 Å². The number of benzene rings is 1. The van der Waals surface area contributed by atoms with Crippen molar-refractivity contribution in [3.8, 4) is 0 Å². The van der Waals surface area contributed by atoms with E-state index in [2.05, 4.69) is 5.32 Å². The van der Waals surface area contributed by atoms with Crippen molar-refractivity contribution in [2.45, 2.75) is 19.4 Å². The monoisotopic (exact) mass is 279 g/mol. The van der Waals surface area contributed by atoms with Crippen LogP contribution >= 0.6 is 34.8 Å². The lowest BCUT2D eigenvalue weighted by Crippen LogP contribution is -2.44. The Bertz CT molecular complexity index is 404. The molecule has 16 heavy (non-hydrogen) atoms. The van der Waals surface area contributed by atoms with Crippen molar-refractivity contribution in [2.24, 2.45) is 0 Å². The Balaban J connectivity index is 2.89. The van der Waals surface area contributed by atoms with Crippen LogP contribution in [0.15, 0.2) is 18.2 Å². The predicted molar refractivity (Wildman–Crippen MR) is 68.7 cm³/mol. The molecule has 0 aliphatic rings. The Kier molecular flexibility index (Phi) is 4.48. The van der Waals surface area contributed by atoms with E-state index in [9.17, 15) is 4.79 Å². The summed E-state index contributed by atoms with van der Waals surface area (Å²) in [6.07, 6.45) is 0. The van der Waals surface area contributed by atoms with Gasteiger partial charge in [0, 0.05) is 16.4 Å². The average molecular weight is 281 g/mol. The van der Waals surface area contributed by atoms with Crippen LogP contribution in [-0.2, 0) is 0 Å². The minimum Gasteiger partial charge on any atom is -0.346 e. The van der Waals surface area contributed by atoms with Crippen LogP contribution in [0.4, 0.5) is 0 Å². The lowest BCUT2D eigenvalue weighted by molar-refractivity contribution is 0.0920. The molecule has 0 aliphatic heterocycles. The minimum absolute atomic E-state index is 0.257. The maximum atomic E-state index is 11.9. The Morgan fingerprint density at radius 2 is 2.00 bits per heavy atom. The first-order valence-corrected chi connectivity index (χ1v) is 5.98. The molecule has 1 aromatic rings. The summed E-state index contributed by atoms with van der Waals surface area (Å²) in [6, 6.07) is 4.74. The number of halogens is 3. The molecule has 0 unspecified atom stereocenters. The van der Waals surface area contributed by atoms with E-state index in [0.29, 0.717) is 21.5 Å². The van der Waals surface area contributed by atoms with Crippen LogP contribution in [0.2, 0.25) is 10.0 Å². The highest BCUT2D eigenvalue weighted by molar-refractivity contribution is 6.36. The third-order valence-corrected chi connectivity index (χ3v) is 3.18. The number of carbonyl (C=O) groups is 1. The summed E-state index contributed by atoms with van der Waals surface area (Å²) >= 11 is 17.4. The lowest BCUT2D eigenvalue weighted by atomic mass is 10.1. The van der Waals surface area contributed by atoms with Crippen LogP contribution < -0.4 is 5.32 Å². The summed E-state index contributed by atoms with van der Waals surface area (Å²) in [7, 11) is 0. The van der Waals surface area contributed by atoms with E-state index < -0.39 is 5.54 Å². The Morgan fingerprint density at radius 1 is 1.38 bits per heavy atom. The van der Waals surface area contributed by atoms with Gasteiger partial charge in [-0.05, 0) is 32.0 Å². The summed E-state index contributed by atoms with van der Waals surface area (Å²) in [5, 5.41) is 3.61. The van der Waals surface area contributed by atoms with Crippen molar-refractivity contribution in [3.05, 3.63) is 33.8 Å². The van der Waals surface area contributed by atoms with Gasteiger partial charge in [-0.25, -0.2) is 0 Å². The number of hydrogen-bond acceptors (Lipinski definition) is 1. The second-order valence-electron chi connectivity index (χ2n) is 4.10. The van der Waals surface area contributed by atoms with E-state index in [0.717, 1.165) is 0 Å². The normalized spacial score (nSPS) is 11.3. The number of nitrogens with one attached hydrogen (secondary N) is 1. The van der Waals surface area contributed by atoms with Crippen LogP contribution in [0.3, 0.4) is 0 Å². The number of alkyl halides is 1. The first-order valence-electron chi connectivity index (χ1n) is 4.69. The van der Waals surface area contributed by atoms with Gasteiger partial charge >= 0.3 is 0 Å². The molecule has 0 spiro atoms. The van der Waals surface area contributed by atoms with Crippen molar-refractivity contribution < 1.29 is 4.79 Å². The zero-order chi connectivity index (χ0) is 12.3. The molecule has 1 rings (SSSR count). The third kappa shape index (κ3) is 3.55. The van der Waals surface area contributed by atoms with Crippen molar-refractivity contribution in [2.75, 3.05) is 5.88 Å².